The molecule has 1 fully saturated rings. The van der Waals surface area contributed by atoms with Crippen LogP contribution in [0.25, 0.3) is 0 Å². The number of nitrogens with one attached hydrogen (secondary N) is 2. The molecule has 2 N–H and O–H groups in total. The lowest BCUT2D eigenvalue weighted by molar-refractivity contribution is -0.126. The minimum atomic E-state index is -0.583. The summed E-state index contributed by atoms with van der Waals surface area (Å²) in [6, 6.07) is 0. The normalized spacial score (nSPS) is 19.9. The number of ketones is 1. The van der Waals surface area contributed by atoms with Gasteiger partial charge in [-0.3, -0.25) is 14.4 Å². The number of alkyl carbamates (subject to hydrolysis) is 1. The van der Waals surface area contributed by atoms with Crippen molar-refractivity contribution in [2.75, 3.05) is 26.2 Å². The van der Waals surface area contributed by atoms with Crippen LogP contribution in [-0.2, 0) is 16.0 Å². The Labute approximate surface area is 200 Å². The number of hydrogen-bond acceptors (Lipinski definition) is 6. The highest BCUT2D eigenvalue weighted by molar-refractivity contribution is 6.04. The summed E-state index contributed by atoms with van der Waals surface area (Å²) in [6.07, 6.45) is 1.89. The first-order valence-electron chi connectivity index (χ1n) is 12.0. The van der Waals surface area contributed by atoms with Crippen LogP contribution in [0, 0.1) is 18.3 Å². The van der Waals surface area contributed by atoms with Gasteiger partial charge in [0.05, 0.1) is 11.5 Å². The van der Waals surface area contributed by atoms with Crippen LogP contribution in [0.5, 0.6) is 0 Å². The van der Waals surface area contributed by atoms with Crippen molar-refractivity contribution in [3.63, 3.8) is 0 Å². The number of carbonyl (C=O) groups is 4. The molecule has 9 nitrogen and oxygen atoms in total. The summed E-state index contributed by atoms with van der Waals surface area (Å²) in [4.78, 5) is 51.9. The predicted octanol–water partition coefficient (Wildman–Crippen LogP) is 3.24. The minimum Gasteiger partial charge on any atom is -0.455 e. The molecule has 3 amide bonds. The lowest BCUT2D eigenvalue weighted by Gasteiger charge is -2.31. The van der Waals surface area contributed by atoms with Crippen molar-refractivity contribution in [3.05, 3.63) is 22.6 Å². The quantitative estimate of drug-likeness (QED) is 0.631. The molecule has 34 heavy (non-hydrogen) atoms. The van der Waals surface area contributed by atoms with E-state index in [4.69, 9.17) is 9.15 Å². The van der Waals surface area contributed by atoms with Gasteiger partial charge in [0.25, 0.3) is 5.91 Å². The highest BCUT2D eigenvalue weighted by Gasteiger charge is 2.38. The summed E-state index contributed by atoms with van der Waals surface area (Å²) in [5.41, 5.74) is 0.369. The second-order valence-corrected chi connectivity index (χ2v) is 11.1. The van der Waals surface area contributed by atoms with E-state index in [9.17, 15) is 19.2 Å². The molecule has 1 aromatic heterocycles. The van der Waals surface area contributed by atoms with Gasteiger partial charge in [-0.15, -0.1) is 0 Å². The molecule has 0 radical (unpaired) electrons. The van der Waals surface area contributed by atoms with Crippen molar-refractivity contribution in [3.8, 4) is 0 Å². The molecule has 0 spiro atoms. The molecule has 1 atom stereocenters. The SMILES string of the molecule is Cc1c(C(=O)N2CCCC(C(=O)NCCNC(=O)OC(C)(C)C)C2)oc2c1C(=O)CC(C)(C)C2. The monoisotopic (exact) mass is 475 g/mol. The maximum atomic E-state index is 13.3. The fraction of sp³-hybridized carbons (Fsp3) is 0.680. The van der Waals surface area contributed by atoms with Gasteiger partial charge in [0.1, 0.15) is 11.4 Å². The van der Waals surface area contributed by atoms with Crippen LogP contribution in [0.3, 0.4) is 0 Å². The number of nitrogens with zero attached hydrogens (tertiary/aromatic N) is 1. The number of piperidine rings is 1. The molecule has 1 unspecified atom stereocenters. The number of Topliss-reactive ketones (excluding diaryl/α,β-unsaturated/α-hetero) is 1. The Kier molecular flexibility index (Phi) is 7.43. The first-order valence-corrected chi connectivity index (χ1v) is 12.0. The Morgan fingerprint density at radius 3 is 2.50 bits per heavy atom. The van der Waals surface area contributed by atoms with Gasteiger partial charge in [-0.2, -0.15) is 0 Å². The fourth-order valence-corrected chi connectivity index (χ4v) is 4.61. The number of rotatable bonds is 5. The molecular weight excluding hydrogens is 438 g/mol. The number of amides is 3. The second-order valence-electron chi connectivity index (χ2n) is 11.1. The first-order chi connectivity index (χ1) is 15.8. The maximum absolute atomic E-state index is 13.3. The van der Waals surface area contributed by atoms with Crippen molar-refractivity contribution >= 4 is 23.7 Å². The molecule has 1 aliphatic heterocycles. The van der Waals surface area contributed by atoms with Crippen LogP contribution in [0.1, 0.15) is 86.1 Å². The van der Waals surface area contributed by atoms with Gasteiger partial charge in [0.15, 0.2) is 11.5 Å². The average molecular weight is 476 g/mol. The van der Waals surface area contributed by atoms with Gasteiger partial charge >= 0.3 is 6.09 Å². The van der Waals surface area contributed by atoms with Crippen molar-refractivity contribution in [2.45, 2.75) is 72.8 Å². The minimum absolute atomic E-state index is 0.0161. The summed E-state index contributed by atoms with van der Waals surface area (Å²) < 4.78 is 11.1. The third-order valence-electron chi connectivity index (χ3n) is 6.14. The van der Waals surface area contributed by atoms with Crippen molar-refractivity contribution in [2.24, 2.45) is 11.3 Å². The Hall–Kier alpha value is -2.84. The third kappa shape index (κ3) is 6.18. The van der Waals surface area contributed by atoms with E-state index in [1.165, 1.54) is 0 Å². The molecule has 1 aliphatic carbocycles. The van der Waals surface area contributed by atoms with E-state index in [1.807, 2.05) is 13.8 Å². The average Bonchev–Trinajstić information content (AvgIpc) is 3.04. The number of ether oxygens (including phenoxy) is 1. The van der Waals surface area contributed by atoms with E-state index in [1.54, 1.807) is 32.6 Å². The lowest BCUT2D eigenvalue weighted by atomic mass is 9.76. The number of furan rings is 1. The van der Waals surface area contributed by atoms with Crippen LogP contribution in [-0.4, -0.2) is 60.4 Å². The molecular formula is C25H37N3O6. The van der Waals surface area contributed by atoms with Crippen LogP contribution in [0.4, 0.5) is 4.79 Å². The predicted molar refractivity (Wildman–Crippen MR) is 126 cm³/mol. The molecule has 0 saturated carbocycles. The van der Waals surface area contributed by atoms with E-state index in [-0.39, 0.29) is 54.3 Å². The fourth-order valence-electron chi connectivity index (χ4n) is 4.61. The molecule has 188 valence electrons. The third-order valence-corrected chi connectivity index (χ3v) is 6.14. The van der Waals surface area contributed by atoms with Gasteiger partial charge in [0.2, 0.25) is 5.91 Å². The number of likely N-dealkylation sites (tertiary alicyclic amines) is 1. The van der Waals surface area contributed by atoms with E-state index >= 15 is 0 Å². The van der Waals surface area contributed by atoms with Gasteiger partial charge < -0.3 is 24.7 Å². The largest absolute Gasteiger partial charge is 0.455 e. The Morgan fingerprint density at radius 2 is 1.82 bits per heavy atom. The van der Waals surface area contributed by atoms with Crippen LogP contribution >= 0.6 is 0 Å². The van der Waals surface area contributed by atoms with Gasteiger partial charge in [-0.05, 0) is 46.0 Å². The van der Waals surface area contributed by atoms with Crippen LogP contribution in [0.2, 0.25) is 0 Å². The zero-order chi connectivity index (χ0) is 25.3. The van der Waals surface area contributed by atoms with Crippen molar-refractivity contribution < 1.29 is 28.3 Å². The summed E-state index contributed by atoms with van der Waals surface area (Å²) in [7, 11) is 0. The second kappa shape index (κ2) is 9.80. The summed E-state index contributed by atoms with van der Waals surface area (Å²) in [5.74, 6) is 0.0363. The molecule has 2 heterocycles. The summed E-state index contributed by atoms with van der Waals surface area (Å²) >= 11 is 0. The topological polar surface area (TPSA) is 118 Å². The van der Waals surface area contributed by atoms with Crippen LogP contribution in [0.15, 0.2) is 4.42 Å². The zero-order valence-electron chi connectivity index (χ0n) is 21.1. The molecule has 2 aliphatic rings. The van der Waals surface area contributed by atoms with E-state index in [0.717, 1.165) is 0 Å². The van der Waals surface area contributed by atoms with Crippen molar-refractivity contribution in [1.29, 1.82) is 0 Å². The molecule has 1 aromatic rings. The highest BCUT2D eigenvalue weighted by atomic mass is 16.6. The van der Waals surface area contributed by atoms with Crippen LogP contribution < -0.4 is 10.6 Å². The smallest absolute Gasteiger partial charge is 0.407 e. The Morgan fingerprint density at radius 1 is 1.15 bits per heavy atom. The first kappa shape index (κ1) is 25.8. The van der Waals surface area contributed by atoms with Gasteiger partial charge in [0, 0.05) is 44.6 Å². The number of fused-ring (bicyclic) bond motifs is 1. The number of hydrogen-bond donors (Lipinski definition) is 2. The van der Waals surface area contributed by atoms with Crippen molar-refractivity contribution in [1.82, 2.24) is 15.5 Å². The van der Waals surface area contributed by atoms with E-state index < -0.39 is 11.7 Å². The maximum Gasteiger partial charge on any atom is 0.407 e. The molecule has 9 heteroatoms. The van der Waals surface area contributed by atoms with E-state index in [0.29, 0.717) is 49.1 Å². The molecule has 0 aromatic carbocycles. The Balaban J connectivity index is 1.56. The van der Waals surface area contributed by atoms with Gasteiger partial charge in [-0.25, -0.2) is 4.79 Å². The lowest BCUT2D eigenvalue weighted by Crippen LogP contribution is -2.46. The summed E-state index contributed by atoms with van der Waals surface area (Å²) in [6.45, 7) is 12.5. The standard InChI is InChI=1S/C25H37N3O6/c1-15-19-17(29)12-25(5,6)13-18(19)33-20(15)22(31)28-11-7-8-16(14-28)21(30)26-9-10-27-23(32)34-24(2,3)4/h16H,7-14H2,1-6H3,(H,26,30)(H,27,32). The number of carbonyl (C=O) groups excluding carboxylic acids is 4. The molecule has 1 saturated heterocycles. The summed E-state index contributed by atoms with van der Waals surface area (Å²) in [5, 5.41) is 5.43. The van der Waals surface area contributed by atoms with Gasteiger partial charge in [-0.1, -0.05) is 13.8 Å². The highest BCUT2D eigenvalue weighted by Crippen LogP contribution is 2.38. The zero-order valence-corrected chi connectivity index (χ0v) is 21.1. The van der Waals surface area contributed by atoms with E-state index in [2.05, 4.69) is 10.6 Å². The molecule has 0 bridgehead atoms. The Bertz CT molecular complexity index is 972. The molecule has 3 rings (SSSR count).